The van der Waals surface area contributed by atoms with Gasteiger partial charge in [0.25, 0.3) is 0 Å². The summed E-state index contributed by atoms with van der Waals surface area (Å²) in [5.41, 5.74) is 1.30. The van der Waals surface area contributed by atoms with E-state index < -0.39 is 19.6 Å². The van der Waals surface area contributed by atoms with Crippen LogP contribution in [0.5, 0.6) is 0 Å². The van der Waals surface area contributed by atoms with Gasteiger partial charge in [0.2, 0.25) is 0 Å². The molecule has 0 saturated heterocycles. The van der Waals surface area contributed by atoms with Gasteiger partial charge in [-0.1, -0.05) is 0 Å². The Bertz CT molecular complexity index is 824. The molecule has 0 spiro atoms. The van der Waals surface area contributed by atoms with E-state index in [1.165, 1.54) is 29.8 Å². The van der Waals surface area contributed by atoms with E-state index >= 15 is 0 Å². The fraction of sp³-hybridized carbons (Fsp3) is 0.375. The topological polar surface area (TPSA) is 103 Å². The van der Waals surface area contributed by atoms with Gasteiger partial charge in [0.1, 0.15) is 4.62 Å². The van der Waals surface area contributed by atoms with E-state index in [4.69, 9.17) is 9.05 Å². The number of amides is 2. The van der Waals surface area contributed by atoms with Gasteiger partial charge in [0.15, 0.2) is 0 Å². The van der Waals surface area contributed by atoms with Gasteiger partial charge in [0.05, 0.1) is 31.6 Å². The third kappa shape index (κ3) is 5.40. The second-order valence-electron chi connectivity index (χ2n) is 5.08. The van der Waals surface area contributed by atoms with Crippen LogP contribution < -0.4 is 15.3 Å². The number of urea groups is 1. The molecule has 2 heterocycles. The third-order valence-corrected chi connectivity index (χ3v) is 7.79. The molecule has 0 aliphatic rings. The Kier molecular flexibility index (Phi) is 8.00. The van der Waals surface area contributed by atoms with Crippen LogP contribution in [-0.2, 0) is 24.9 Å². The lowest BCUT2D eigenvalue weighted by atomic mass is 10.3. The SMILES string of the molecule is CCOP(=O)(OCC)c1sccc1CNC(=O)Nc1cscc1C(=O)OC. The van der Waals surface area contributed by atoms with Crippen molar-refractivity contribution in [3.05, 3.63) is 33.3 Å². The predicted molar refractivity (Wildman–Crippen MR) is 106 cm³/mol. The molecule has 0 atom stereocenters. The van der Waals surface area contributed by atoms with Crippen LogP contribution in [0.3, 0.4) is 0 Å². The molecule has 0 fully saturated rings. The van der Waals surface area contributed by atoms with Gasteiger partial charge in [-0.15, -0.1) is 22.7 Å². The zero-order chi connectivity index (χ0) is 19.9. The van der Waals surface area contributed by atoms with E-state index in [1.807, 2.05) is 0 Å². The van der Waals surface area contributed by atoms with Crippen LogP contribution in [0.4, 0.5) is 10.5 Å². The summed E-state index contributed by atoms with van der Waals surface area (Å²) >= 11 is 2.53. The number of nitrogens with one attached hydrogen (secondary N) is 2. The van der Waals surface area contributed by atoms with Gasteiger partial charge in [-0.2, -0.15) is 0 Å². The van der Waals surface area contributed by atoms with Crippen LogP contribution in [0.1, 0.15) is 29.8 Å². The Morgan fingerprint density at radius 3 is 2.52 bits per heavy atom. The van der Waals surface area contributed by atoms with E-state index in [-0.39, 0.29) is 25.3 Å². The summed E-state index contributed by atoms with van der Waals surface area (Å²) < 4.78 is 28.8. The summed E-state index contributed by atoms with van der Waals surface area (Å²) in [4.78, 5) is 23.8. The molecule has 0 aromatic carbocycles. The second kappa shape index (κ2) is 10.0. The molecule has 2 N–H and O–H groups in total. The summed E-state index contributed by atoms with van der Waals surface area (Å²) in [5, 5.41) is 10.3. The number of carbonyl (C=O) groups excluding carboxylic acids is 2. The van der Waals surface area contributed by atoms with Gasteiger partial charge in [-0.3, -0.25) is 4.57 Å². The molecule has 0 saturated carbocycles. The lowest BCUT2D eigenvalue weighted by Gasteiger charge is -2.17. The largest absolute Gasteiger partial charge is 0.465 e. The maximum Gasteiger partial charge on any atom is 0.371 e. The summed E-state index contributed by atoms with van der Waals surface area (Å²) in [6, 6.07) is 1.26. The molecule has 2 aromatic rings. The third-order valence-electron chi connectivity index (χ3n) is 3.33. The molecule has 0 aliphatic heterocycles. The molecule has 2 amide bonds. The van der Waals surface area contributed by atoms with Crippen molar-refractivity contribution in [1.82, 2.24) is 5.32 Å². The molecule has 0 unspecified atom stereocenters. The monoisotopic (exact) mass is 432 g/mol. The van der Waals surface area contributed by atoms with E-state index in [2.05, 4.69) is 15.4 Å². The Morgan fingerprint density at radius 1 is 1.19 bits per heavy atom. The summed E-state index contributed by atoms with van der Waals surface area (Å²) in [6.07, 6.45) is 0. The number of hydrogen-bond acceptors (Lipinski definition) is 8. The van der Waals surface area contributed by atoms with Crippen molar-refractivity contribution in [2.24, 2.45) is 0 Å². The lowest BCUT2D eigenvalue weighted by Crippen LogP contribution is -2.30. The number of esters is 1. The van der Waals surface area contributed by atoms with Gasteiger partial charge in [0, 0.05) is 17.3 Å². The van der Waals surface area contributed by atoms with Gasteiger partial charge >= 0.3 is 19.6 Å². The normalized spacial score (nSPS) is 11.2. The molecular formula is C16H21N2O6PS2. The highest BCUT2D eigenvalue weighted by Crippen LogP contribution is 2.49. The number of rotatable bonds is 9. The summed E-state index contributed by atoms with van der Waals surface area (Å²) in [5.74, 6) is -0.527. The highest BCUT2D eigenvalue weighted by Gasteiger charge is 2.31. The maximum atomic E-state index is 12.9. The fourth-order valence-corrected chi connectivity index (χ4v) is 6.11. The lowest BCUT2D eigenvalue weighted by molar-refractivity contribution is 0.0602. The van der Waals surface area contributed by atoms with Crippen molar-refractivity contribution >= 4 is 52.6 Å². The first kappa shape index (κ1) is 21.6. The molecule has 148 valence electrons. The first-order chi connectivity index (χ1) is 12.9. The fourth-order valence-electron chi connectivity index (χ4n) is 2.20. The maximum absolute atomic E-state index is 12.9. The van der Waals surface area contributed by atoms with Crippen molar-refractivity contribution in [3.8, 4) is 0 Å². The minimum absolute atomic E-state index is 0.131. The Hall–Kier alpha value is -1.71. The number of carbonyl (C=O) groups is 2. The predicted octanol–water partition coefficient (Wildman–Crippen LogP) is 3.81. The highest BCUT2D eigenvalue weighted by molar-refractivity contribution is 7.68. The first-order valence-corrected chi connectivity index (χ1v) is 11.5. The average molecular weight is 432 g/mol. The van der Waals surface area contributed by atoms with Crippen molar-refractivity contribution in [2.75, 3.05) is 25.6 Å². The number of ether oxygens (including phenoxy) is 1. The minimum Gasteiger partial charge on any atom is -0.465 e. The molecule has 0 aliphatic carbocycles. The van der Waals surface area contributed by atoms with Gasteiger partial charge < -0.3 is 24.4 Å². The van der Waals surface area contributed by atoms with Gasteiger partial charge in [-0.25, -0.2) is 9.59 Å². The first-order valence-electron chi connectivity index (χ1n) is 8.10. The quantitative estimate of drug-likeness (QED) is 0.461. The number of thiophene rings is 2. The summed E-state index contributed by atoms with van der Waals surface area (Å²) in [6.45, 7) is 4.11. The minimum atomic E-state index is -3.42. The number of anilines is 1. The summed E-state index contributed by atoms with van der Waals surface area (Å²) in [7, 11) is -2.14. The van der Waals surface area contributed by atoms with Crippen LogP contribution in [-0.4, -0.2) is 32.3 Å². The van der Waals surface area contributed by atoms with Crippen molar-refractivity contribution in [1.29, 1.82) is 0 Å². The number of methoxy groups -OCH3 is 1. The Morgan fingerprint density at radius 2 is 1.89 bits per heavy atom. The Balaban J connectivity index is 2.05. The zero-order valence-corrected chi connectivity index (χ0v) is 17.7. The van der Waals surface area contributed by atoms with Crippen LogP contribution in [0.15, 0.2) is 22.2 Å². The van der Waals surface area contributed by atoms with Crippen molar-refractivity contribution in [2.45, 2.75) is 20.4 Å². The molecule has 2 aromatic heterocycles. The van der Waals surface area contributed by atoms with E-state index in [1.54, 1.807) is 36.1 Å². The van der Waals surface area contributed by atoms with Crippen LogP contribution >= 0.6 is 30.3 Å². The molecule has 8 nitrogen and oxygen atoms in total. The van der Waals surface area contributed by atoms with E-state index in [0.717, 1.165) is 0 Å². The highest BCUT2D eigenvalue weighted by atomic mass is 32.1. The van der Waals surface area contributed by atoms with E-state index in [0.29, 0.717) is 15.9 Å². The number of hydrogen-bond donors (Lipinski definition) is 2. The van der Waals surface area contributed by atoms with Gasteiger partial charge in [-0.05, 0) is 30.9 Å². The van der Waals surface area contributed by atoms with E-state index in [9.17, 15) is 14.2 Å². The standard InChI is InChI=1S/C16H21N2O6PS2/c1-4-23-25(21,24-5-2)15-11(6-7-27-15)8-17-16(20)18-13-10-26-9-12(13)14(19)22-3/h6-7,9-10H,4-5,8H2,1-3H3,(H2,17,18,20). The molecule has 11 heteroatoms. The molecular weight excluding hydrogens is 411 g/mol. The van der Waals surface area contributed by atoms with Crippen molar-refractivity contribution < 1.29 is 27.9 Å². The van der Waals surface area contributed by atoms with Crippen molar-refractivity contribution in [3.63, 3.8) is 0 Å². The van der Waals surface area contributed by atoms with Crippen LogP contribution in [0.2, 0.25) is 0 Å². The molecule has 0 bridgehead atoms. The van der Waals surface area contributed by atoms with Crippen LogP contribution in [0.25, 0.3) is 0 Å². The smallest absolute Gasteiger partial charge is 0.371 e. The Labute approximate surface area is 165 Å². The second-order valence-corrected chi connectivity index (χ2v) is 9.00. The zero-order valence-electron chi connectivity index (χ0n) is 15.1. The molecule has 27 heavy (non-hydrogen) atoms. The molecule has 2 rings (SSSR count). The van der Waals surface area contributed by atoms with Crippen LogP contribution in [0, 0.1) is 0 Å². The average Bonchev–Trinajstić information content (AvgIpc) is 3.29. The molecule has 0 radical (unpaired) electrons.